The van der Waals surface area contributed by atoms with Crippen LogP contribution in [0.4, 0.5) is 5.69 Å². The zero-order valence-corrected chi connectivity index (χ0v) is 11.8. The maximum Gasteiger partial charge on any atom is 0.253 e. The Morgan fingerprint density at radius 1 is 1.24 bits per heavy atom. The second kappa shape index (κ2) is 6.75. The molecule has 0 atom stereocenters. The third-order valence-electron chi connectivity index (χ3n) is 2.92. The number of benzene rings is 2. The van der Waals surface area contributed by atoms with E-state index < -0.39 is 0 Å². The Labute approximate surface area is 127 Å². The van der Waals surface area contributed by atoms with Crippen LogP contribution in [0.2, 0.25) is 5.02 Å². The summed E-state index contributed by atoms with van der Waals surface area (Å²) in [6.07, 6.45) is 0. The molecule has 4 N–H and O–H groups in total. The first-order valence-electron chi connectivity index (χ1n) is 6.17. The third kappa shape index (κ3) is 3.72. The van der Waals surface area contributed by atoms with Crippen molar-refractivity contribution >= 4 is 23.2 Å². The minimum Gasteiger partial charge on any atom is -0.348 e. The van der Waals surface area contributed by atoms with E-state index in [0.717, 1.165) is 5.56 Å². The highest BCUT2D eigenvalue weighted by Gasteiger charge is 2.11. The van der Waals surface area contributed by atoms with Crippen LogP contribution in [0.15, 0.2) is 42.5 Å². The topological polar surface area (TPSA) is 90.9 Å². The number of carbonyl (C=O) groups excluding carboxylic acids is 1. The molecule has 2 aromatic rings. The molecule has 2 rings (SSSR count). The molecule has 2 aromatic carbocycles. The first kappa shape index (κ1) is 14.9. The third-order valence-corrected chi connectivity index (χ3v) is 3.15. The van der Waals surface area contributed by atoms with Crippen LogP contribution >= 0.6 is 11.6 Å². The lowest BCUT2D eigenvalue weighted by molar-refractivity contribution is 0.0951. The smallest absolute Gasteiger partial charge is 0.253 e. The van der Waals surface area contributed by atoms with E-state index in [1.807, 2.05) is 6.07 Å². The molecule has 1 amide bonds. The van der Waals surface area contributed by atoms with E-state index in [1.165, 1.54) is 0 Å². The molecule has 0 saturated heterocycles. The van der Waals surface area contributed by atoms with Crippen molar-refractivity contribution in [2.75, 3.05) is 5.43 Å². The lowest BCUT2D eigenvalue weighted by atomic mass is 10.1. The molecule has 0 spiro atoms. The van der Waals surface area contributed by atoms with Crippen molar-refractivity contribution in [1.82, 2.24) is 5.32 Å². The number of nitrogens with one attached hydrogen (secondary N) is 2. The van der Waals surface area contributed by atoms with Gasteiger partial charge >= 0.3 is 0 Å². The summed E-state index contributed by atoms with van der Waals surface area (Å²) in [6.45, 7) is 0.348. The Bertz CT molecular complexity index is 692. The van der Waals surface area contributed by atoms with Crippen molar-refractivity contribution in [1.29, 1.82) is 5.26 Å². The largest absolute Gasteiger partial charge is 0.348 e. The van der Waals surface area contributed by atoms with Gasteiger partial charge in [0.05, 0.1) is 22.9 Å². The van der Waals surface area contributed by atoms with Gasteiger partial charge in [0, 0.05) is 11.6 Å². The van der Waals surface area contributed by atoms with E-state index in [-0.39, 0.29) is 5.91 Å². The summed E-state index contributed by atoms with van der Waals surface area (Å²) in [7, 11) is 0. The molecule has 0 fully saturated rings. The molecule has 0 saturated carbocycles. The zero-order valence-electron chi connectivity index (χ0n) is 11.1. The Kier molecular flexibility index (Phi) is 4.77. The molecule has 0 radical (unpaired) electrons. The van der Waals surface area contributed by atoms with Crippen molar-refractivity contribution in [3.05, 3.63) is 64.2 Å². The van der Waals surface area contributed by atoms with Gasteiger partial charge in [0.15, 0.2) is 0 Å². The van der Waals surface area contributed by atoms with E-state index in [0.29, 0.717) is 28.4 Å². The summed E-state index contributed by atoms with van der Waals surface area (Å²) >= 11 is 5.89. The number of nitrogens with zero attached hydrogens (tertiary/aromatic N) is 1. The lowest BCUT2D eigenvalue weighted by Crippen LogP contribution is -2.24. The molecule has 0 aliphatic rings. The fourth-order valence-electron chi connectivity index (χ4n) is 1.80. The van der Waals surface area contributed by atoms with Crippen molar-refractivity contribution in [3.8, 4) is 6.07 Å². The highest BCUT2D eigenvalue weighted by Crippen LogP contribution is 2.19. The SMILES string of the molecule is N#Cc1ccc(CNC(=O)c2cc(Cl)ccc2NN)cc1. The van der Waals surface area contributed by atoms with Crippen LogP contribution in [0.25, 0.3) is 0 Å². The molecule has 0 bridgehead atoms. The van der Waals surface area contributed by atoms with Gasteiger partial charge in [-0.2, -0.15) is 5.26 Å². The van der Waals surface area contributed by atoms with Crippen LogP contribution in [0, 0.1) is 11.3 Å². The molecule has 6 heteroatoms. The second-order valence-corrected chi connectivity index (χ2v) is 4.76. The number of hydrogen-bond donors (Lipinski definition) is 3. The first-order valence-corrected chi connectivity index (χ1v) is 6.55. The summed E-state index contributed by atoms with van der Waals surface area (Å²) in [4.78, 5) is 12.2. The molecule has 0 unspecified atom stereocenters. The van der Waals surface area contributed by atoms with E-state index in [1.54, 1.807) is 42.5 Å². The predicted octanol–water partition coefficient (Wildman–Crippen LogP) is 2.43. The van der Waals surface area contributed by atoms with Crippen LogP contribution in [0.5, 0.6) is 0 Å². The van der Waals surface area contributed by atoms with Gasteiger partial charge in [0.25, 0.3) is 5.91 Å². The van der Waals surface area contributed by atoms with Crippen LogP contribution < -0.4 is 16.6 Å². The number of nitrogens with two attached hydrogens (primary N) is 1. The Morgan fingerprint density at radius 2 is 1.95 bits per heavy atom. The minimum absolute atomic E-state index is 0.283. The van der Waals surface area contributed by atoms with E-state index in [4.69, 9.17) is 22.7 Å². The number of amides is 1. The fraction of sp³-hybridized carbons (Fsp3) is 0.0667. The maximum atomic E-state index is 12.2. The van der Waals surface area contributed by atoms with Crippen LogP contribution in [0.1, 0.15) is 21.5 Å². The maximum absolute atomic E-state index is 12.2. The van der Waals surface area contributed by atoms with Crippen molar-refractivity contribution in [2.45, 2.75) is 6.54 Å². The highest BCUT2D eigenvalue weighted by atomic mass is 35.5. The normalized spacial score (nSPS) is 9.76. The molecule has 0 aliphatic heterocycles. The molecule has 5 nitrogen and oxygen atoms in total. The monoisotopic (exact) mass is 300 g/mol. The highest BCUT2D eigenvalue weighted by molar-refractivity contribution is 6.31. The fourth-order valence-corrected chi connectivity index (χ4v) is 1.98. The van der Waals surface area contributed by atoms with Gasteiger partial charge in [0.1, 0.15) is 0 Å². The van der Waals surface area contributed by atoms with Gasteiger partial charge in [-0.05, 0) is 35.9 Å². The Morgan fingerprint density at radius 3 is 2.57 bits per heavy atom. The molecule has 0 aromatic heterocycles. The molecule has 0 heterocycles. The zero-order chi connectivity index (χ0) is 15.2. The van der Waals surface area contributed by atoms with Gasteiger partial charge in [0.2, 0.25) is 0 Å². The molecule has 0 aliphatic carbocycles. The number of hydrazine groups is 1. The number of nitrogen functional groups attached to an aromatic ring is 1. The van der Waals surface area contributed by atoms with Gasteiger partial charge in [-0.15, -0.1) is 0 Å². The lowest BCUT2D eigenvalue weighted by Gasteiger charge is -2.10. The second-order valence-electron chi connectivity index (χ2n) is 4.33. The van der Waals surface area contributed by atoms with E-state index in [2.05, 4.69) is 10.7 Å². The number of rotatable bonds is 4. The first-order chi connectivity index (χ1) is 10.1. The van der Waals surface area contributed by atoms with E-state index >= 15 is 0 Å². The molecule has 21 heavy (non-hydrogen) atoms. The Hall–Kier alpha value is -2.55. The summed E-state index contributed by atoms with van der Waals surface area (Å²) in [6, 6.07) is 13.9. The van der Waals surface area contributed by atoms with Crippen LogP contribution in [-0.2, 0) is 6.54 Å². The van der Waals surface area contributed by atoms with Gasteiger partial charge in [-0.1, -0.05) is 23.7 Å². The average Bonchev–Trinajstić information content (AvgIpc) is 2.53. The number of hydrogen-bond acceptors (Lipinski definition) is 4. The molecule has 106 valence electrons. The van der Waals surface area contributed by atoms with Crippen molar-refractivity contribution < 1.29 is 4.79 Å². The number of carbonyl (C=O) groups is 1. The summed E-state index contributed by atoms with van der Waals surface area (Å²) in [5.74, 6) is 5.09. The van der Waals surface area contributed by atoms with Gasteiger partial charge in [-0.3, -0.25) is 10.6 Å². The summed E-state index contributed by atoms with van der Waals surface area (Å²) in [5.41, 5.74) is 4.81. The average molecular weight is 301 g/mol. The standard InChI is InChI=1S/C15H13ClN4O/c16-12-5-6-14(20-18)13(7-12)15(21)19-9-11-3-1-10(8-17)2-4-11/h1-7,20H,9,18H2,(H,19,21). The number of halogens is 1. The number of nitriles is 1. The molecular formula is C15H13ClN4O. The number of anilines is 1. The Balaban J connectivity index is 2.08. The van der Waals surface area contributed by atoms with Gasteiger partial charge < -0.3 is 10.7 Å². The van der Waals surface area contributed by atoms with Crippen molar-refractivity contribution in [2.24, 2.45) is 5.84 Å². The molecular weight excluding hydrogens is 288 g/mol. The van der Waals surface area contributed by atoms with E-state index in [9.17, 15) is 4.79 Å². The van der Waals surface area contributed by atoms with Crippen molar-refractivity contribution in [3.63, 3.8) is 0 Å². The minimum atomic E-state index is -0.283. The van der Waals surface area contributed by atoms with Gasteiger partial charge in [-0.25, -0.2) is 0 Å². The predicted molar refractivity (Wildman–Crippen MR) is 81.6 cm³/mol. The quantitative estimate of drug-likeness (QED) is 0.597. The van der Waals surface area contributed by atoms with Crippen LogP contribution in [0.3, 0.4) is 0 Å². The van der Waals surface area contributed by atoms with Crippen LogP contribution in [-0.4, -0.2) is 5.91 Å². The summed E-state index contributed by atoms with van der Waals surface area (Å²) < 4.78 is 0. The summed E-state index contributed by atoms with van der Waals surface area (Å²) in [5, 5.41) is 12.0.